The smallest absolute Gasteiger partial charge is 0.251 e. The van der Waals surface area contributed by atoms with E-state index in [1.807, 2.05) is 13.0 Å². The Kier molecular flexibility index (Phi) is 5.14. The molecular formula is C20H23N3O2. The maximum absolute atomic E-state index is 12.6. The molecule has 2 aromatic rings. The fourth-order valence-corrected chi connectivity index (χ4v) is 3.11. The number of amides is 2. The third-order valence-electron chi connectivity index (χ3n) is 4.73. The molecule has 1 aliphatic heterocycles. The first-order valence-corrected chi connectivity index (χ1v) is 8.52. The van der Waals surface area contributed by atoms with Crippen LogP contribution in [-0.2, 0) is 17.8 Å². The summed E-state index contributed by atoms with van der Waals surface area (Å²) < 4.78 is 0. The zero-order valence-electron chi connectivity index (χ0n) is 14.6. The molecule has 1 unspecified atom stereocenters. The fraction of sp³-hybridized carbons (Fsp3) is 0.300. The molecule has 0 aliphatic carbocycles. The molecule has 3 rings (SSSR count). The highest BCUT2D eigenvalue weighted by Gasteiger charge is 2.25. The largest absolute Gasteiger partial charge is 0.355 e. The topological polar surface area (TPSA) is 61.4 Å². The van der Waals surface area contributed by atoms with Gasteiger partial charge in [-0.25, -0.2) is 0 Å². The molecule has 5 nitrogen and oxygen atoms in total. The summed E-state index contributed by atoms with van der Waals surface area (Å²) in [6.07, 6.45) is 0.967. The summed E-state index contributed by atoms with van der Waals surface area (Å²) in [5.41, 5.74) is 3.93. The Morgan fingerprint density at radius 2 is 1.72 bits per heavy atom. The standard InChI is InChI=1S/C20H23N3O2/c1-14(23-12-11-15-5-3-4-6-17(15)13-23)19(24)22-18-9-7-16(8-10-18)20(25)21-2/h3-10,14H,11-13H2,1-2H3,(H,21,25)(H,22,24). The second kappa shape index (κ2) is 7.49. The van der Waals surface area contributed by atoms with Gasteiger partial charge in [-0.3, -0.25) is 14.5 Å². The van der Waals surface area contributed by atoms with Crippen LogP contribution in [0, 0.1) is 0 Å². The van der Waals surface area contributed by atoms with Crippen molar-refractivity contribution in [1.82, 2.24) is 10.2 Å². The Morgan fingerprint density at radius 3 is 2.40 bits per heavy atom. The Balaban J connectivity index is 1.62. The van der Waals surface area contributed by atoms with Crippen molar-refractivity contribution in [3.05, 3.63) is 65.2 Å². The van der Waals surface area contributed by atoms with Crippen molar-refractivity contribution >= 4 is 17.5 Å². The molecule has 0 radical (unpaired) electrons. The SMILES string of the molecule is CNC(=O)c1ccc(NC(=O)C(C)N2CCc3ccccc3C2)cc1. The van der Waals surface area contributed by atoms with Crippen LogP contribution in [0.3, 0.4) is 0 Å². The summed E-state index contributed by atoms with van der Waals surface area (Å²) in [6, 6.07) is 15.1. The van der Waals surface area contributed by atoms with Gasteiger partial charge in [-0.1, -0.05) is 24.3 Å². The minimum absolute atomic E-state index is 0.0351. The number of nitrogens with zero attached hydrogens (tertiary/aromatic N) is 1. The van der Waals surface area contributed by atoms with E-state index in [4.69, 9.17) is 0 Å². The lowest BCUT2D eigenvalue weighted by molar-refractivity contribution is -0.121. The molecule has 5 heteroatoms. The van der Waals surface area contributed by atoms with Crippen molar-refractivity contribution in [1.29, 1.82) is 0 Å². The number of hydrogen-bond acceptors (Lipinski definition) is 3. The summed E-state index contributed by atoms with van der Waals surface area (Å²) in [7, 11) is 1.59. The molecule has 0 bridgehead atoms. The Morgan fingerprint density at radius 1 is 1.04 bits per heavy atom. The fourth-order valence-electron chi connectivity index (χ4n) is 3.11. The van der Waals surface area contributed by atoms with E-state index in [1.165, 1.54) is 11.1 Å². The van der Waals surface area contributed by atoms with E-state index in [0.29, 0.717) is 11.3 Å². The predicted octanol–water partition coefficient (Wildman–Crippen LogP) is 2.43. The first-order valence-electron chi connectivity index (χ1n) is 8.52. The third kappa shape index (κ3) is 3.88. The van der Waals surface area contributed by atoms with Crippen LogP contribution in [0.4, 0.5) is 5.69 Å². The van der Waals surface area contributed by atoms with Crippen molar-refractivity contribution in [3.8, 4) is 0 Å². The van der Waals surface area contributed by atoms with Gasteiger partial charge in [0.15, 0.2) is 0 Å². The molecule has 1 atom stereocenters. The van der Waals surface area contributed by atoms with Gasteiger partial charge in [-0.05, 0) is 48.7 Å². The molecular weight excluding hydrogens is 314 g/mol. The second-order valence-corrected chi connectivity index (χ2v) is 6.31. The molecule has 130 valence electrons. The summed E-state index contributed by atoms with van der Waals surface area (Å²) >= 11 is 0. The zero-order valence-corrected chi connectivity index (χ0v) is 14.6. The maximum Gasteiger partial charge on any atom is 0.251 e. The number of anilines is 1. The van der Waals surface area contributed by atoms with E-state index in [-0.39, 0.29) is 17.9 Å². The average molecular weight is 337 g/mol. The Bertz CT molecular complexity index is 771. The molecule has 25 heavy (non-hydrogen) atoms. The number of benzene rings is 2. The molecule has 0 saturated heterocycles. The quantitative estimate of drug-likeness (QED) is 0.901. The molecule has 1 heterocycles. The molecule has 0 aromatic heterocycles. The summed E-state index contributed by atoms with van der Waals surface area (Å²) in [5.74, 6) is -0.176. The van der Waals surface area contributed by atoms with Gasteiger partial charge in [0.25, 0.3) is 5.91 Å². The van der Waals surface area contributed by atoms with Crippen molar-refractivity contribution < 1.29 is 9.59 Å². The van der Waals surface area contributed by atoms with E-state index < -0.39 is 0 Å². The highest BCUT2D eigenvalue weighted by atomic mass is 16.2. The van der Waals surface area contributed by atoms with Gasteiger partial charge >= 0.3 is 0 Å². The third-order valence-corrected chi connectivity index (χ3v) is 4.73. The highest BCUT2D eigenvalue weighted by molar-refractivity contribution is 5.96. The normalized spacial score (nSPS) is 15.1. The van der Waals surface area contributed by atoms with Gasteiger partial charge in [0.1, 0.15) is 0 Å². The zero-order chi connectivity index (χ0) is 17.8. The molecule has 0 spiro atoms. The van der Waals surface area contributed by atoms with E-state index >= 15 is 0 Å². The van der Waals surface area contributed by atoms with Crippen LogP contribution >= 0.6 is 0 Å². The van der Waals surface area contributed by atoms with Crippen molar-refractivity contribution in [2.45, 2.75) is 25.9 Å². The van der Waals surface area contributed by atoms with Crippen LogP contribution in [0.2, 0.25) is 0 Å². The lowest BCUT2D eigenvalue weighted by atomic mass is 9.99. The predicted molar refractivity (Wildman–Crippen MR) is 98.5 cm³/mol. The van der Waals surface area contributed by atoms with Gasteiger partial charge in [0.2, 0.25) is 5.91 Å². The summed E-state index contributed by atoms with van der Waals surface area (Å²) in [4.78, 5) is 26.3. The van der Waals surface area contributed by atoms with E-state index in [1.54, 1.807) is 31.3 Å². The number of hydrogen-bond donors (Lipinski definition) is 2. The van der Waals surface area contributed by atoms with E-state index in [0.717, 1.165) is 19.5 Å². The minimum Gasteiger partial charge on any atom is -0.355 e. The van der Waals surface area contributed by atoms with Crippen molar-refractivity contribution in [3.63, 3.8) is 0 Å². The van der Waals surface area contributed by atoms with Crippen LogP contribution in [0.15, 0.2) is 48.5 Å². The van der Waals surface area contributed by atoms with Gasteiger partial charge in [0.05, 0.1) is 6.04 Å². The van der Waals surface area contributed by atoms with Crippen LogP contribution in [0.1, 0.15) is 28.4 Å². The average Bonchev–Trinajstić information content (AvgIpc) is 2.67. The molecule has 0 saturated carbocycles. The lowest BCUT2D eigenvalue weighted by Gasteiger charge is -2.32. The van der Waals surface area contributed by atoms with Gasteiger partial charge < -0.3 is 10.6 Å². The van der Waals surface area contributed by atoms with Crippen LogP contribution in [-0.4, -0.2) is 36.3 Å². The van der Waals surface area contributed by atoms with Gasteiger partial charge in [0, 0.05) is 31.4 Å². The van der Waals surface area contributed by atoms with Crippen LogP contribution in [0.5, 0.6) is 0 Å². The molecule has 1 aliphatic rings. The van der Waals surface area contributed by atoms with E-state index in [9.17, 15) is 9.59 Å². The number of carbonyl (C=O) groups is 2. The number of fused-ring (bicyclic) bond motifs is 1. The highest BCUT2D eigenvalue weighted by Crippen LogP contribution is 2.21. The van der Waals surface area contributed by atoms with Crippen molar-refractivity contribution in [2.75, 3.05) is 18.9 Å². The number of carbonyl (C=O) groups excluding carboxylic acids is 2. The monoisotopic (exact) mass is 337 g/mol. The molecule has 2 amide bonds. The second-order valence-electron chi connectivity index (χ2n) is 6.31. The number of nitrogens with one attached hydrogen (secondary N) is 2. The maximum atomic E-state index is 12.6. The summed E-state index contributed by atoms with van der Waals surface area (Å²) in [6.45, 7) is 3.60. The first kappa shape index (κ1) is 17.2. The van der Waals surface area contributed by atoms with Crippen LogP contribution < -0.4 is 10.6 Å². The molecule has 2 N–H and O–H groups in total. The Labute approximate surface area is 148 Å². The molecule has 2 aromatic carbocycles. The van der Waals surface area contributed by atoms with Gasteiger partial charge in [-0.2, -0.15) is 0 Å². The van der Waals surface area contributed by atoms with Gasteiger partial charge in [-0.15, -0.1) is 0 Å². The first-order chi connectivity index (χ1) is 12.1. The van der Waals surface area contributed by atoms with Crippen molar-refractivity contribution in [2.24, 2.45) is 0 Å². The van der Waals surface area contributed by atoms with E-state index in [2.05, 4.69) is 33.7 Å². The minimum atomic E-state index is -0.216. The lowest BCUT2D eigenvalue weighted by Crippen LogP contribution is -2.44. The summed E-state index contributed by atoms with van der Waals surface area (Å²) in [5, 5.41) is 5.51. The molecule has 0 fully saturated rings. The van der Waals surface area contributed by atoms with Crippen LogP contribution in [0.25, 0.3) is 0 Å². The number of rotatable bonds is 4. The Hall–Kier alpha value is -2.66.